The Morgan fingerprint density at radius 1 is 1.40 bits per heavy atom. The largest absolute Gasteiger partial charge is 0.384 e. The van der Waals surface area contributed by atoms with Crippen molar-refractivity contribution >= 4 is 11.8 Å². The first-order valence-corrected chi connectivity index (χ1v) is 6.28. The molecule has 0 aliphatic heterocycles. The minimum Gasteiger partial charge on any atom is -0.384 e. The average molecular weight is 275 g/mol. The molecule has 6 nitrogen and oxygen atoms in total. The minimum atomic E-state index is -0.392. The second kappa shape index (κ2) is 8.67. The number of hydrogen-bond acceptors (Lipinski definition) is 4. The highest BCUT2D eigenvalue weighted by molar-refractivity contribution is 5.94. The van der Waals surface area contributed by atoms with E-state index in [-0.39, 0.29) is 31.2 Å². The smallest absolute Gasteiger partial charge is 0.271 e. The van der Waals surface area contributed by atoms with Crippen molar-refractivity contribution in [2.45, 2.75) is 13.3 Å². The van der Waals surface area contributed by atoms with Gasteiger partial charge in [-0.1, -0.05) is 11.8 Å². The molecular formula is C14H17N3O3. The van der Waals surface area contributed by atoms with E-state index in [4.69, 9.17) is 5.11 Å². The quantitative estimate of drug-likeness (QED) is 0.642. The summed E-state index contributed by atoms with van der Waals surface area (Å²) < 4.78 is 0. The molecule has 0 bridgehead atoms. The zero-order valence-electron chi connectivity index (χ0n) is 11.3. The predicted molar refractivity (Wildman–Crippen MR) is 73.8 cm³/mol. The normalized spacial score (nSPS) is 9.30. The van der Waals surface area contributed by atoms with Crippen molar-refractivity contribution in [2.75, 3.05) is 19.7 Å². The van der Waals surface area contributed by atoms with Gasteiger partial charge in [0.2, 0.25) is 5.91 Å². The maximum absolute atomic E-state index is 11.9. The molecule has 0 aromatic carbocycles. The van der Waals surface area contributed by atoms with Crippen LogP contribution in [0.3, 0.4) is 0 Å². The molecule has 0 radical (unpaired) electrons. The second-order valence-electron chi connectivity index (χ2n) is 3.82. The first-order chi connectivity index (χ1) is 9.69. The Bertz CT molecular complexity index is 532. The van der Waals surface area contributed by atoms with Crippen LogP contribution in [0.1, 0.15) is 29.4 Å². The highest BCUT2D eigenvalue weighted by Crippen LogP contribution is 2.03. The number of amides is 2. The van der Waals surface area contributed by atoms with Gasteiger partial charge in [0.25, 0.3) is 5.91 Å². The number of carbonyl (C=O) groups excluding carboxylic acids is 2. The molecule has 0 aliphatic carbocycles. The lowest BCUT2D eigenvalue weighted by atomic mass is 10.2. The van der Waals surface area contributed by atoms with Gasteiger partial charge in [-0.2, -0.15) is 0 Å². The molecule has 0 unspecified atom stereocenters. The van der Waals surface area contributed by atoms with Crippen LogP contribution in [-0.2, 0) is 4.79 Å². The summed E-state index contributed by atoms with van der Waals surface area (Å²) in [6.45, 7) is 2.34. The summed E-state index contributed by atoms with van der Waals surface area (Å²) >= 11 is 0. The number of carbonyl (C=O) groups is 2. The number of aliphatic hydroxyl groups is 1. The van der Waals surface area contributed by atoms with Crippen LogP contribution in [0.4, 0.5) is 0 Å². The van der Waals surface area contributed by atoms with E-state index in [9.17, 15) is 9.59 Å². The van der Waals surface area contributed by atoms with E-state index in [0.29, 0.717) is 12.1 Å². The van der Waals surface area contributed by atoms with Crippen LogP contribution in [0.2, 0.25) is 0 Å². The Labute approximate surface area is 117 Å². The van der Waals surface area contributed by atoms with E-state index in [1.807, 2.05) is 6.92 Å². The summed E-state index contributed by atoms with van der Waals surface area (Å²) in [5, 5.41) is 13.9. The first kappa shape index (κ1) is 15.7. The molecule has 0 spiro atoms. The molecule has 3 N–H and O–H groups in total. The number of rotatable bonds is 5. The maximum Gasteiger partial charge on any atom is 0.271 e. The van der Waals surface area contributed by atoms with E-state index in [1.54, 1.807) is 12.1 Å². The lowest BCUT2D eigenvalue weighted by molar-refractivity contribution is -0.120. The predicted octanol–water partition coefficient (Wildman–Crippen LogP) is -0.319. The Morgan fingerprint density at radius 2 is 2.20 bits per heavy atom. The summed E-state index contributed by atoms with van der Waals surface area (Å²) in [6.07, 6.45) is 1.70. The zero-order chi connectivity index (χ0) is 14.8. The van der Waals surface area contributed by atoms with Crippen LogP contribution in [0.15, 0.2) is 18.3 Å². The van der Waals surface area contributed by atoms with Gasteiger partial charge in [-0.25, -0.2) is 4.98 Å². The average Bonchev–Trinajstić information content (AvgIpc) is 2.45. The van der Waals surface area contributed by atoms with Gasteiger partial charge in [-0.05, 0) is 19.1 Å². The molecule has 1 aromatic rings. The van der Waals surface area contributed by atoms with Crippen LogP contribution in [0.25, 0.3) is 0 Å². The third-order valence-corrected chi connectivity index (χ3v) is 2.34. The molecule has 1 rings (SSSR count). The summed E-state index contributed by atoms with van der Waals surface area (Å²) in [5.74, 6) is 4.62. The highest BCUT2D eigenvalue weighted by Gasteiger charge is 2.11. The van der Waals surface area contributed by atoms with Crippen LogP contribution in [0, 0.1) is 11.8 Å². The molecule has 0 aliphatic rings. The minimum absolute atomic E-state index is 0.117. The second-order valence-corrected chi connectivity index (χ2v) is 3.82. The molecule has 1 aromatic heterocycles. The summed E-state index contributed by atoms with van der Waals surface area (Å²) in [4.78, 5) is 27.1. The van der Waals surface area contributed by atoms with Crippen molar-refractivity contribution in [1.29, 1.82) is 0 Å². The van der Waals surface area contributed by atoms with Gasteiger partial charge >= 0.3 is 0 Å². The van der Waals surface area contributed by atoms with Crippen LogP contribution < -0.4 is 10.6 Å². The van der Waals surface area contributed by atoms with Gasteiger partial charge in [-0.3, -0.25) is 9.59 Å². The van der Waals surface area contributed by atoms with Gasteiger partial charge in [0.1, 0.15) is 12.3 Å². The van der Waals surface area contributed by atoms with E-state index >= 15 is 0 Å². The van der Waals surface area contributed by atoms with Crippen molar-refractivity contribution in [3.05, 3.63) is 29.6 Å². The molecule has 0 atom stereocenters. The van der Waals surface area contributed by atoms with Crippen molar-refractivity contribution < 1.29 is 14.7 Å². The lowest BCUT2D eigenvalue weighted by Gasteiger charge is -2.06. The first-order valence-electron chi connectivity index (χ1n) is 6.28. The Morgan fingerprint density at radius 3 is 2.90 bits per heavy atom. The van der Waals surface area contributed by atoms with Crippen LogP contribution in [0.5, 0.6) is 0 Å². The molecule has 1 heterocycles. The molecule has 6 heteroatoms. The van der Waals surface area contributed by atoms with E-state index in [0.717, 1.165) is 0 Å². The number of aliphatic hydroxyl groups excluding tert-OH is 1. The highest BCUT2D eigenvalue weighted by atomic mass is 16.2. The third-order valence-electron chi connectivity index (χ3n) is 2.34. The van der Waals surface area contributed by atoms with Crippen LogP contribution >= 0.6 is 0 Å². The van der Waals surface area contributed by atoms with Gasteiger partial charge in [0, 0.05) is 25.7 Å². The molecule has 0 saturated heterocycles. The summed E-state index contributed by atoms with van der Waals surface area (Å²) in [7, 11) is 0. The third kappa shape index (κ3) is 5.08. The fourth-order valence-corrected chi connectivity index (χ4v) is 1.48. The number of hydrogen-bond donors (Lipinski definition) is 3. The van der Waals surface area contributed by atoms with E-state index in [2.05, 4.69) is 27.5 Å². The monoisotopic (exact) mass is 275 g/mol. The molecule has 0 fully saturated rings. The van der Waals surface area contributed by atoms with Gasteiger partial charge < -0.3 is 15.7 Å². The Balaban J connectivity index is 2.61. The number of pyridine rings is 1. The van der Waals surface area contributed by atoms with Gasteiger partial charge in [-0.15, -0.1) is 0 Å². The molecule has 20 heavy (non-hydrogen) atoms. The fourth-order valence-electron chi connectivity index (χ4n) is 1.48. The van der Waals surface area contributed by atoms with Crippen molar-refractivity contribution in [2.24, 2.45) is 0 Å². The van der Waals surface area contributed by atoms with Gasteiger partial charge in [0.15, 0.2) is 0 Å². The number of nitrogens with zero attached hydrogens (tertiary/aromatic N) is 1. The van der Waals surface area contributed by atoms with Crippen molar-refractivity contribution in [1.82, 2.24) is 15.6 Å². The van der Waals surface area contributed by atoms with Gasteiger partial charge in [0.05, 0.1) is 5.56 Å². The zero-order valence-corrected chi connectivity index (χ0v) is 11.3. The standard InChI is InChI=1S/C14H17N3O3/c1-2-15-12(19)7-9-17-14(20)13-11(6-4-10-18)5-3-8-16-13/h3,5,8,18H,2,7,9-10H2,1H3,(H,15,19)(H,17,20). The van der Waals surface area contributed by atoms with E-state index < -0.39 is 5.91 Å². The molecular weight excluding hydrogens is 258 g/mol. The Kier molecular flexibility index (Phi) is 6.79. The lowest BCUT2D eigenvalue weighted by Crippen LogP contribution is -2.31. The molecule has 106 valence electrons. The maximum atomic E-state index is 11.9. The number of aromatic nitrogens is 1. The fraction of sp³-hybridized carbons (Fsp3) is 0.357. The topological polar surface area (TPSA) is 91.3 Å². The molecule has 0 saturated carbocycles. The van der Waals surface area contributed by atoms with E-state index in [1.165, 1.54) is 6.20 Å². The number of nitrogens with one attached hydrogen (secondary N) is 2. The van der Waals surface area contributed by atoms with Crippen LogP contribution in [-0.4, -0.2) is 41.6 Å². The summed E-state index contributed by atoms with van der Waals surface area (Å²) in [6, 6.07) is 3.31. The summed E-state index contributed by atoms with van der Waals surface area (Å²) in [5.41, 5.74) is 0.626. The SMILES string of the molecule is CCNC(=O)CCNC(=O)c1ncccc1C#CCO. The Hall–Kier alpha value is -2.39. The van der Waals surface area contributed by atoms with Crippen molar-refractivity contribution in [3.63, 3.8) is 0 Å². The van der Waals surface area contributed by atoms with Crippen molar-refractivity contribution in [3.8, 4) is 11.8 Å². The molecule has 2 amide bonds.